The monoisotopic (exact) mass is 556 g/mol. The van der Waals surface area contributed by atoms with Gasteiger partial charge in [0.15, 0.2) is 5.82 Å². The number of nitrogens with zero attached hydrogens (tertiary/aromatic N) is 3. The molecule has 0 aliphatic rings. The zero-order valence-corrected chi connectivity index (χ0v) is 22.0. The smallest absolute Gasteiger partial charge is 0.302 e. The fraction of sp³-hybridized carbons (Fsp3) is 0.0667. The van der Waals surface area contributed by atoms with Crippen molar-refractivity contribution >= 4 is 38.9 Å². The van der Waals surface area contributed by atoms with Crippen LogP contribution in [-0.4, -0.2) is 23.5 Å². The summed E-state index contributed by atoms with van der Waals surface area (Å²) in [4.78, 5) is 4.14. The van der Waals surface area contributed by atoms with Gasteiger partial charge in [0.2, 0.25) is 0 Å². The summed E-state index contributed by atoms with van der Waals surface area (Å²) < 4.78 is 59.2. The van der Waals surface area contributed by atoms with Crippen LogP contribution in [-0.2, 0) is 22.2 Å². The lowest BCUT2D eigenvalue weighted by molar-refractivity contribution is 0.292. The van der Waals surface area contributed by atoms with Crippen LogP contribution in [0.15, 0.2) is 85.1 Å². The Morgan fingerprint density at radius 3 is 2.42 bits per heavy atom. The van der Waals surface area contributed by atoms with Crippen LogP contribution in [0.5, 0.6) is 0 Å². The molecule has 0 saturated heterocycles. The first-order valence-electron chi connectivity index (χ1n) is 12.3. The van der Waals surface area contributed by atoms with E-state index in [1.165, 1.54) is 16.8 Å². The van der Waals surface area contributed by atoms with Gasteiger partial charge in [0, 0.05) is 33.7 Å². The third-order valence-corrected chi connectivity index (χ3v) is 7.23. The highest BCUT2D eigenvalue weighted by Crippen LogP contribution is 2.37. The Balaban J connectivity index is 1.55. The molecule has 0 amide bonds. The van der Waals surface area contributed by atoms with Crippen LogP contribution >= 0.6 is 0 Å². The van der Waals surface area contributed by atoms with Crippen molar-refractivity contribution < 1.29 is 21.7 Å². The molecule has 0 saturated carbocycles. The number of halogens is 2. The third kappa shape index (κ3) is 4.41. The number of aromatic nitrogens is 3. The number of hydrogen-bond donors (Lipinski definition) is 2. The van der Waals surface area contributed by atoms with Gasteiger partial charge in [-0.3, -0.25) is 8.74 Å². The number of fused-ring (bicyclic) bond motifs is 2. The summed E-state index contributed by atoms with van der Waals surface area (Å²) in [5, 5.41) is 6.72. The van der Waals surface area contributed by atoms with E-state index in [2.05, 4.69) is 10.1 Å². The molecule has 0 fully saturated rings. The zero-order chi connectivity index (χ0) is 28.0. The maximum atomic E-state index is 16.4. The lowest BCUT2D eigenvalue weighted by Gasteiger charge is -2.15. The first kappa shape index (κ1) is 25.8. The number of nitrogens with two attached hydrogens (primary N) is 1. The summed E-state index contributed by atoms with van der Waals surface area (Å²) in [7, 11) is 0. The molecule has 1 unspecified atom stereocenters. The van der Waals surface area contributed by atoms with Crippen molar-refractivity contribution in [2.24, 2.45) is 0 Å². The summed E-state index contributed by atoms with van der Waals surface area (Å²) in [5.41, 5.74) is 8.61. The summed E-state index contributed by atoms with van der Waals surface area (Å²) in [5.74, 6) is -1.08. The first-order chi connectivity index (χ1) is 19.3. The molecule has 4 aromatic carbocycles. The van der Waals surface area contributed by atoms with Crippen LogP contribution in [0.2, 0.25) is 0 Å². The van der Waals surface area contributed by atoms with Gasteiger partial charge in [-0.25, -0.2) is 18.4 Å². The van der Waals surface area contributed by atoms with E-state index in [1.807, 2.05) is 18.2 Å². The SMILES string of the molecule is Cc1nn(-c2ccc3ccnc(N)c3c2)c2c(F)c(-c3ccc(-c4ccccc4)c(COS(=O)O)c3F)ccc12. The second-order valence-corrected chi connectivity index (χ2v) is 9.89. The molecule has 1 atom stereocenters. The predicted octanol–water partition coefficient (Wildman–Crippen LogP) is 6.73. The summed E-state index contributed by atoms with van der Waals surface area (Å²) in [6, 6.07) is 22.6. The molecule has 0 aliphatic carbocycles. The molecule has 10 heteroatoms. The van der Waals surface area contributed by atoms with Crippen molar-refractivity contribution in [3.05, 3.63) is 108 Å². The summed E-state index contributed by atoms with van der Waals surface area (Å²) >= 11 is -2.61. The van der Waals surface area contributed by atoms with Gasteiger partial charge in [-0.15, -0.1) is 0 Å². The third-order valence-electron chi connectivity index (χ3n) is 6.92. The van der Waals surface area contributed by atoms with Crippen LogP contribution in [0, 0.1) is 18.6 Å². The van der Waals surface area contributed by atoms with Crippen LogP contribution in [0.1, 0.15) is 11.3 Å². The first-order valence-corrected chi connectivity index (χ1v) is 13.3. The van der Waals surface area contributed by atoms with E-state index < -0.39 is 29.6 Å². The molecule has 0 aliphatic heterocycles. The van der Waals surface area contributed by atoms with E-state index in [9.17, 15) is 8.76 Å². The van der Waals surface area contributed by atoms with E-state index >= 15 is 8.78 Å². The van der Waals surface area contributed by atoms with Crippen molar-refractivity contribution in [2.45, 2.75) is 13.5 Å². The van der Waals surface area contributed by atoms with Crippen molar-refractivity contribution in [1.82, 2.24) is 14.8 Å². The lowest BCUT2D eigenvalue weighted by atomic mass is 9.93. The molecule has 0 radical (unpaired) electrons. The van der Waals surface area contributed by atoms with Crippen molar-refractivity contribution in [3.8, 4) is 27.9 Å². The van der Waals surface area contributed by atoms with Crippen molar-refractivity contribution in [2.75, 3.05) is 5.73 Å². The van der Waals surface area contributed by atoms with E-state index in [1.54, 1.807) is 61.7 Å². The number of aryl methyl sites for hydroxylation is 1. The van der Waals surface area contributed by atoms with Gasteiger partial charge in [0.1, 0.15) is 17.2 Å². The topological polar surface area (TPSA) is 103 Å². The maximum absolute atomic E-state index is 16.4. The zero-order valence-electron chi connectivity index (χ0n) is 21.1. The van der Waals surface area contributed by atoms with Gasteiger partial charge in [-0.2, -0.15) is 9.31 Å². The second-order valence-electron chi connectivity index (χ2n) is 9.22. The molecule has 2 aromatic heterocycles. The normalized spacial score (nSPS) is 12.3. The maximum Gasteiger partial charge on any atom is 0.302 e. The van der Waals surface area contributed by atoms with Crippen LogP contribution < -0.4 is 5.73 Å². The Morgan fingerprint density at radius 2 is 1.65 bits per heavy atom. The van der Waals surface area contributed by atoms with Crippen LogP contribution in [0.3, 0.4) is 0 Å². The molecular weight excluding hydrogens is 534 g/mol. The van der Waals surface area contributed by atoms with E-state index in [4.69, 9.17) is 9.92 Å². The molecule has 200 valence electrons. The predicted molar refractivity (Wildman–Crippen MR) is 152 cm³/mol. The molecule has 40 heavy (non-hydrogen) atoms. The number of hydrogen-bond acceptors (Lipinski definition) is 5. The van der Waals surface area contributed by atoms with Gasteiger partial charge in [0.25, 0.3) is 0 Å². The number of rotatable bonds is 6. The fourth-order valence-corrected chi connectivity index (χ4v) is 5.21. The molecule has 0 spiro atoms. The summed E-state index contributed by atoms with van der Waals surface area (Å²) in [6.45, 7) is 1.29. The van der Waals surface area contributed by atoms with Crippen molar-refractivity contribution in [3.63, 3.8) is 0 Å². The molecule has 6 aromatic rings. The Hall–Kier alpha value is -4.51. The van der Waals surface area contributed by atoms with Gasteiger partial charge >= 0.3 is 11.4 Å². The fourth-order valence-electron chi connectivity index (χ4n) is 4.99. The Bertz CT molecular complexity index is 1940. The van der Waals surface area contributed by atoms with Gasteiger partial charge in [-0.05, 0) is 41.6 Å². The van der Waals surface area contributed by atoms with Crippen LogP contribution in [0.4, 0.5) is 14.6 Å². The number of anilines is 1. The molecular formula is C30H22F2N4O3S. The Morgan fingerprint density at radius 1 is 0.925 bits per heavy atom. The Labute approximate surface area is 230 Å². The number of benzene rings is 4. The molecule has 3 N–H and O–H groups in total. The number of pyridine rings is 1. The van der Waals surface area contributed by atoms with E-state index in [0.717, 1.165) is 5.39 Å². The highest BCUT2D eigenvalue weighted by Gasteiger charge is 2.23. The summed E-state index contributed by atoms with van der Waals surface area (Å²) in [6.07, 6.45) is 1.62. The average Bonchev–Trinajstić information content (AvgIpc) is 3.30. The molecule has 7 nitrogen and oxygen atoms in total. The standard InChI is InChI=1S/C30H22F2N4O3S/c1-17-21-9-11-24(23-12-10-22(18-5-3-2-4-6-18)26(27(23)31)16-39-40(37)38)28(32)29(21)36(35-17)20-8-7-19-13-14-34-30(33)25(19)15-20/h2-15H,16H2,1H3,(H2,33,34)(H,37,38). The van der Waals surface area contributed by atoms with Crippen LogP contribution in [0.25, 0.3) is 49.6 Å². The highest BCUT2D eigenvalue weighted by atomic mass is 32.2. The van der Waals surface area contributed by atoms with E-state index in [-0.39, 0.29) is 22.2 Å². The lowest BCUT2D eigenvalue weighted by Crippen LogP contribution is -2.04. The minimum absolute atomic E-state index is 0.0131. The Kier molecular flexibility index (Phi) is 6.59. The molecule has 0 bridgehead atoms. The van der Waals surface area contributed by atoms with Gasteiger partial charge in [0.05, 0.1) is 18.0 Å². The average molecular weight is 557 g/mol. The quantitative estimate of drug-likeness (QED) is 0.221. The second kappa shape index (κ2) is 10.2. The highest BCUT2D eigenvalue weighted by molar-refractivity contribution is 7.74. The van der Waals surface area contributed by atoms with Gasteiger partial charge in [-0.1, -0.05) is 60.7 Å². The largest absolute Gasteiger partial charge is 0.383 e. The van der Waals surface area contributed by atoms with E-state index in [0.29, 0.717) is 39.1 Å². The minimum Gasteiger partial charge on any atom is -0.383 e. The molecule has 6 rings (SSSR count). The number of nitrogen functional groups attached to an aromatic ring is 1. The van der Waals surface area contributed by atoms with Gasteiger partial charge < -0.3 is 5.73 Å². The van der Waals surface area contributed by atoms with Crippen molar-refractivity contribution in [1.29, 1.82) is 0 Å². The minimum atomic E-state index is -2.61. The molecule has 2 heterocycles.